The molecule has 0 unspecified atom stereocenters. The first kappa shape index (κ1) is 21.0. The first-order valence-corrected chi connectivity index (χ1v) is 10.9. The van der Waals surface area contributed by atoms with E-state index >= 15 is 0 Å². The molecule has 6 nitrogen and oxygen atoms in total. The van der Waals surface area contributed by atoms with Gasteiger partial charge in [0.15, 0.2) is 0 Å². The fourth-order valence-electron chi connectivity index (χ4n) is 3.85. The number of aromatic nitrogens is 2. The standard InChI is InChI=1S/C25H29N5O/c31-24(20-21-8-10-23(11-9-21)22-6-2-1-3-7-22)26-14-5-15-29-16-18-30(19-17-29)25-27-12-4-13-28-25/h1-4,6-13H,5,14-20H2,(H,26,31). The second-order valence-electron chi connectivity index (χ2n) is 7.82. The van der Waals surface area contributed by atoms with Crippen LogP contribution in [0.1, 0.15) is 12.0 Å². The maximum Gasteiger partial charge on any atom is 0.225 e. The van der Waals surface area contributed by atoms with Crippen LogP contribution in [0.2, 0.25) is 0 Å². The fourth-order valence-corrected chi connectivity index (χ4v) is 3.85. The van der Waals surface area contributed by atoms with Gasteiger partial charge in [0.25, 0.3) is 0 Å². The molecule has 1 saturated heterocycles. The van der Waals surface area contributed by atoms with E-state index in [0.29, 0.717) is 13.0 Å². The van der Waals surface area contributed by atoms with Crippen molar-refractivity contribution >= 4 is 11.9 Å². The lowest BCUT2D eigenvalue weighted by molar-refractivity contribution is -0.120. The van der Waals surface area contributed by atoms with Crippen LogP contribution in [0.15, 0.2) is 73.1 Å². The first-order valence-electron chi connectivity index (χ1n) is 10.9. The minimum absolute atomic E-state index is 0.0820. The minimum atomic E-state index is 0.0820. The third-order valence-electron chi connectivity index (χ3n) is 5.61. The zero-order valence-electron chi connectivity index (χ0n) is 17.8. The molecule has 2 aromatic carbocycles. The van der Waals surface area contributed by atoms with Crippen LogP contribution in [0.25, 0.3) is 11.1 Å². The topological polar surface area (TPSA) is 61.4 Å². The van der Waals surface area contributed by atoms with Gasteiger partial charge < -0.3 is 10.2 Å². The van der Waals surface area contributed by atoms with Crippen molar-refractivity contribution < 1.29 is 4.79 Å². The zero-order chi connectivity index (χ0) is 21.3. The van der Waals surface area contributed by atoms with Gasteiger partial charge in [-0.1, -0.05) is 54.6 Å². The van der Waals surface area contributed by atoms with Gasteiger partial charge in [-0.2, -0.15) is 0 Å². The third-order valence-corrected chi connectivity index (χ3v) is 5.61. The summed E-state index contributed by atoms with van der Waals surface area (Å²) in [5, 5.41) is 3.06. The van der Waals surface area contributed by atoms with Gasteiger partial charge in [-0.25, -0.2) is 9.97 Å². The molecule has 0 aliphatic carbocycles. The largest absolute Gasteiger partial charge is 0.356 e. The van der Waals surface area contributed by atoms with Crippen molar-refractivity contribution in [1.82, 2.24) is 20.2 Å². The zero-order valence-corrected chi connectivity index (χ0v) is 17.8. The highest BCUT2D eigenvalue weighted by Gasteiger charge is 2.18. The summed E-state index contributed by atoms with van der Waals surface area (Å²) >= 11 is 0. The van der Waals surface area contributed by atoms with Gasteiger partial charge in [-0.05, 0) is 35.7 Å². The molecule has 1 amide bonds. The van der Waals surface area contributed by atoms with Crippen molar-refractivity contribution in [3.63, 3.8) is 0 Å². The molecule has 4 rings (SSSR count). The Morgan fingerprint density at radius 3 is 2.23 bits per heavy atom. The van der Waals surface area contributed by atoms with Crippen LogP contribution < -0.4 is 10.2 Å². The number of anilines is 1. The average molecular weight is 416 g/mol. The Kier molecular flexibility index (Phi) is 7.24. The van der Waals surface area contributed by atoms with Gasteiger partial charge in [0, 0.05) is 45.1 Å². The summed E-state index contributed by atoms with van der Waals surface area (Å²) < 4.78 is 0. The Hall–Kier alpha value is -3.25. The summed E-state index contributed by atoms with van der Waals surface area (Å²) in [6.07, 6.45) is 4.95. The van der Waals surface area contributed by atoms with Crippen molar-refractivity contribution in [2.24, 2.45) is 0 Å². The molecule has 0 atom stereocenters. The van der Waals surface area contributed by atoms with E-state index in [1.54, 1.807) is 12.4 Å². The predicted molar refractivity (Wildman–Crippen MR) is 124 cm³/mol. The molecule has 1 aliphatic heterocycles. The number of benzene rings is 2. The Balaban J connectivity index is 1.13. The van der Waals surface area contributed by atoms with E-state index in [2.05, 4.69) is 49.4 Å². The molecule has 3 aromatic rings. The van der Waals surface area contributed by atoms with E-state index in [4.69, 9.17) is 0 Å². The quantitative estimate of drug-likeness (QED) is 0.573. The molecule has 1 aliphatic rings. The molecular formula is C25H29N5O. The lowest BCUT2D eigenvalue weighted by Gasteiger charge is -2.34. The maximum absolute atomic E-state index is 12.3. The number of carbonyl (C=O) groups excluding carboxylic acids is 1. The molecule has 160 valence electrons. The van der Waals surface area contributed by atoms with Gasteiger partial charge in [-0.3, -0.25) is 9.69 Å². The molecule has 0 saturated carbocycles. The van der Waals surface area contributed by atoms with E-state index in [-0.39, 0.29) is 5.91 Å². The van der Waals surface area contributed by atoms with Crippen LogP contribution in [-0.2, 0) is 11.2 Å². The molecule has 31 heavy (non-hydrogen) atoms. The monoisotopic (exact) mass is 415 g/mol. The molecule has 6 heteroatoms. The summed E-state index contributed by atoms with van der Waals surface area (Å²) in [6, 6.07) is 20.4. The van der Waals surface area contributed by atoms with Crippen molar-refractivity contribution in [3.05, 3.63) is 78.6 Å². The highest BCUT2D eigenvalue weighted by Crippen LogP contribution is 2.19. The van der Waals surface area contributed by atoms with Crippen LogP contribution in [0.5, 0.6) is 0 Å². The van der Waals surface area contributed by atoms with Crippen molar-refractivity contribution in [2.45, 2.75) is 12.8 Å². The number of hydrogen-bond donors (Lipinski definition) is 1. The van der Waals surface area contributed by atoms with Crippen molar-refractivity contribution in [3.8, 4) is 11.1 Å². The fraction of sp³-hybridized carbons (Fsp3) is 0.320. The molecule has 1 fully saturated rings. The average Bonchev–Trinajstić information content (AvgIpc) is 2.84. The lowest BCUT2D eigenvalue weighted by atomic mass is 10.0. The van der Waals surface area contributed by atoms with Gasteiger partial charge in [-0.15, -0.1) is 0 Å². The second-order valence-corrected chi connectivity index (χ2v) is 7.82. The molecule has 0 bridgehead atoms. The Morgan fingerprint density at radius 1 is 0.839 bits per heavy atom. The van der Waals surface area contributed by atoms with Gasteiger partial charge in [0.2, 0.25) is 11.9 Å². The number of amides is 1. The van der Waals surface area contributed by atoms with Crippen LogP contribution in [0.4, 0.5) is 5.95 Å². The molecule has 0 spiro atoms. The highest BCUT2D eigenvalue weighted by molar-refractivity contribution is 5.78. The Labute approximate surface area is 183 Å². The summed E-state index contributed by atoms with van der Waals surface area (Å²) in [5.74, 6) is 0.893. The van der Waals surface area contributed by atoms with E-state index in [1.807, 2.05) is 36.4 Å². The van der Waals surface area contributed by atoms with Crippen LogP contribution in [0.3, 0.4) is 0 Å². The summed E-state index contributed by atoms with van der Waals surface area (Å²) in [5.41, 5.74) is 3.40. The molecule has 0 radical (unpaired) electrons. The minimum Gasteiger partial charge on any atom is -0.356 e. The number of piperazine rings is 1. The van der Waals surface area contributed by atoms with Crippen LogP contribution in [-0.4, -0.2) is 60.0 Å². The number of hydrogen-bond acceptors (Lipinski definition) is 5. The van der Waals surface area contributed by atoms with Crippen molar-refractivity contribution in [1.29, 1.82) is 0 Å². The van der Waals surface area contributed by atoms with Crippen LogP contribution in [0, 0.1) is 0 Å². The number of nitrogens with one attached hydrogen (secondary N) is 1. The summed E-state index contributed by atoms with van der Waals surface area (Å²) in [6.45, 7) is 5.59. The normalized spacial score (nSPS) is 14.4. The number of nitrogens with zero attached hydrogens (tertiary/aromatic N) is 4. The maximum atomic E-state index is 12.3. The van der Waals surface area contributed by atoms with Crippen LogP contribution >= 0.6 is 0 Å². The highest BCUT2D eigenvalue weighted by atomic mass is 16.1. The summed E-state index contributed by atoms with van der Waals surface area (Å²) in [4.78, 5) is 25.6. The van der Waals surface area contributed by atoms with Gasteiger partial charge >= 0.3 is 0 Å². The second kappa shape index (κ2) is 10.7. The molecule has 2 heterocycles. The van der Waals surface area contributed by atoms with Crippen molar-refractivity contribution in [2.75, 3.05) is 44.2 Å². The molecule has 1 N–H and O–H groups in total. The lowest BCUT2D eigenvalue weighted by Crippen LogP contribution is -2.47. The van der Waals surface area contributed by atoms with E-state index < -0.39 is 0 Å². The summed E-state index contributed by atoms with van der Waals surface area (Å²) in [7, 11) is 0. The molecular weight excluding hydrogens is 386 g/mol. The predicted octanol–water partition coefficient (Wildman–Crippen LogP) is 3.01. The Bertz CT molecular complexity index is 939. The van der Waals surface area contributed by atoms with E-state index in [1.165, 1.54) is 11.1 Å². The van der Waals surface area contributed by atoms with Gasteiger partial charge in [0.05, 0.1) is 6.42 Å². The number of carbonyl (C=O) groups is 1. The SMILES string of the molecule is O=C(Cc1ccc(-c2ccccc2)cc1)NCCCN1CCN(c2ncccn2)CC1. The Morgan fingerprint density at radius 2 is 1.52 bits per heavy atom. The van der Waals surface area contributed by atoms with Gasteiger partial charge in [0.1, 0.15) is 0 Å². The number of rotatable bonds is 8. The van der Waals surface area contributed by atoms with E-state index in [0.717, 1.165) is 50.7 Å². The first-order chi connectivity index (χ1) is 15.3. The molecule has 1 aromatic heterocycles. The smallest absolute Gasteiger partial charge is 0.225 e. The third kappa shape index (κ3) is 6.12. The van der Waals surface area contributed by atoms with E-state index in [9.17, 15) is 4.79 Å².